The lowest BCUT2D eigenvalue weighted by atomic mass is 10.1. The standard InChI is InChI=1S/C23H41ClN5O5PSi/c1-9-11-32-35(30,33-12-10-2)16-31-13-17(3)18(14-34-36(7,8)23(4,5)6)29-15-26-19-20(24)27-22(25)28-21(19)29/h15,18H,3,9-14,16H2,1-2,4-8H3,(H2,25,27,28). The third-order valence-electron chi connectivity index (χ3n) is 6.13. The first-order chi connectivity index (χ1) is 16.7. The number of hydrogen-bond donors (Lipinski definition) is 1. The van der Waals surface area contributed by atoms with E-state index in [2.05, 4.69) is 55.4 Å². The van der Waals surface area contributed by atoms with Crippen molar-refractivity contribution in [2.75, 3.05) is 38.5 Å². The van der Waals surface area contributed by atoms with Crippen molar-refractivity contribution in [3.05, 3.63) is 23.6 Å². The number of anilines is 1. The highest BCUT2D eigenvalue weighted by Gasteiger charge is 2.38. The summed E-state index contributed by atoms with van der Waals surface area (Å²) in [5.74, 6) is 0.0438. The molecule has 2 heterocycles. The van der Waals surface area contributed by atoms with Gasteiger partial charge in [-0.3, -0.25) is 4.57 Å². The monoisotopic (exact) mass is 561 g/mol. The second kappa shape index (κ2) is 13.0. The fraction of sp³-hybridized carbons (Fsp3) is 0.696. The summed E-state index contributed by atoms with van der Waals surface area (Å²) in [5, 5.41) is 0.187. The minimum absolute atomic E-state index is 0.0160. The number of aromatic nitrogens is 4. The zero-order valence-corrected chi connectivity index (χ0v) is 25.2. The van der Waals surface area contributed by atoms with Crippen molar-refractivity contribution < 1.29 is 22.8 Å². The molecule has 0 bridgehead atoms. The second-order valence-corrected chi connectivity index (χ2v) is 17.4. The van der Waals surface area contributed by atoms with Crippen LogP contribution in [0, 0.1) is 0 Å². The van der Waals surface area contributed by atoms with Gasteiger partial charge >= 0.3 is 7.60 Å². The van der Waals surface area contributed by atoms with E-state index in [4.69, 9.17) is 35.5 Å². The zero-order valence-electron chi connectivity index (χ0n) is 22.5. The number of hydrogen-bond acceptors (Lipinski definition) is 9. The average molecular weight is 562 g/mol. The smallest absolute Gasteiger partial charge is 0.356 e. The highest BCUT2D eigenvalue weighted by molar-refractivity contribution is 7.53. The summed E-state index contributed by atoms with van der Waals surface area (Å²) in [6.07, 6.45) is 2.89. The first kappa shape index (κ1) is 30.9. The summed E-state index contributed by atoms with van der Waals surface area (Å²) in [7, 11) is -5.47. The molecule has 0 saturated carbocycles. The molecule has 1 unspecified atom stereocenters. The number of halogens is 1. The Hall–Kier alpha value is -1.33. The van der Waals surface area contributed by atoms with Gasteiger partial charge in [-0.2, -0.15) is 9.97 Å². The molecule has 0 aliphatic rings. The first-order valence-electron chi connectivity index (χ1n) is 12.2. The summed E-state index contributed by atoms with van der Waals surface area (Å²) in [6, 6.07) is -0.387. The number of fused-ring (bicyclic) bond motifs is 1. The molecule has 204 valence electrons. The van der Waals surface area contributed by atoms with Gasteiger partial charge in [-0.25, -0.2) is 4.98 Å². The second-order valence-electron chi connectivity index (χ2n) is 10.2. The van der Waals surface area contributed by atoms with E-state index in [9.17, 15) is 4.57 Å². The summed E-state index contributed by atoms with van der Waals surface area (Å²) in [5.41, 5.74) is 7.44. The third kappa shape index (κ3) is 8.08. The van der Waals surface area contributed by atoms with Crippen molar-refractivity contribution >= 4 is 44.6 Å². The summed E-state index contributed by atoms with van der Waals surface area (Å²) < 4.78 is 38.2. The van der Waals surface area contributed by atoms with Crippen LogP contribution in [-0.2, 0) is 22.8 Å². The van der Waals surface area contributed by atoms with Crippen molar-refractivity contribution in [1.29, 1.82) is 0 Å². The van der Waals surface area contributed by atoms with E-state index < -0.39 is 15.9 Å². The Kier molecular flexibility index (Phi) is 11.1. The van der Waals surface area contributed by atoms with E-state index in [0.717, 1.165) is 12.8 Å². The van der Waals surface area contributed by atoms with Crippen LogP contribution in [0.15, 0.2) is 18.5 Å². The molecule has 0 radical (unpaired) electrons. The van der Waals surface area contributed by atoms with Gasteiger partial charge in [0.1, 0.15) is 11.9 Å². The lowest BCUT2D eigenvalue weighted by molar-refractivity contribution is 0.134. The summed E-state index contributed by atoms with van der Waals surface area (Å²) in [4.78, 5) is 12.7. The van der Waals surface area contributed by atoms with Crippen LogP contribution in [0.3, 0.4) is 0 Å². The maximum Gasteiger partial charge on any atom is 0.356 e. The third-order valence-corrected chi connectivity index (χ3v) is 12.5. The molecule has 2 aromatic rings. The molecule has 0 amide bonds. The number of nitrogens with zero attached hydrogens (tertiary/aromatic N) is 4. The Balaban J connectivity index is 2.28. The molecule has 0 aliphatic carbocycles. The molecule has 2 aromatic heterocycles. The van der Waals surface area contributed by atoms with Gasteiger partial charge in [0.2, 0.25) is 5.95 Å². The number of ether oxygens (including phenoxy) is 1. The minimum Gasteiger partial charge on any atom is -0.414 e. The molecule has 0 aliphatic heterocycles. The van der Waals surface area contributed by atoms with E-state index >= 15 is 0 Å². The Morgan fingerprint density at radius 3 is 2.39 bits per heavy atom. The molecule has 36 heavy (non-hydrogen) atoms. The van der Waals surface area contributed by atoms with Crippen LogP contribution in [-0.4, -0.2) is 60.6 Å². The zero-order chi connectivity index (χ0) is 27.1. The molecule has 0 spiro atoms. The van der Waals surface area contributed by atoms with Crippen molar-refractivity contribution in [2.45, 2.75) is 71.6 Å². The molecular weight excluding hydrogens is 521 g/mol. The maximum atomic E-state index is 13.0. The van der Waals surface area contributed by atoms with Gasteiger partial charge in [-0.05, 0) is 36.5 Å². The van der Waals surface area contributed by atoms with Gasteiger partial charge in [-0.1, -0.05) is 52.8 Å². The fourth-order valence-corrected chi connectivity index (χ4v) is 5.67. The van der Waals surface area contributed by atoms with Crippen LogP contribution in [0.4, 0.5) is 5.95 Å². The Morgan fingerprint density at radius 2 is 1.83 bits per heavy atom. The van der Waals surface area contributed by atoms with Crippen LogP contribution in [0.25, 0.3) is 11.2 Å². The molecule has 0 aromatic carbocycles. The maximum absolute atomic E-state index is 13.0. The Labute approximate surface area is 220 Å². The van der Waals surface area contributed by atoms with Crippen LogP contribution in [0.2, 0.25) is 23.3 Å². The number of nitrogen functional groups attached to an aromatic ring is 1. The fourth-order valence-electron chi connectivity index (χ4n) is 2.98. The average Bonchev–Trinajstić information content (AvgIpc) is 3.19. The van der Waals surface area contributed by atoms with E-state index in [1.54, 1.807) is 6.33 Å². The number of imidazole rings is 1. The molecule has 13 heteroatoms. The highest BCUT2D eigenvalue weighted by atomic mass is 35.5. The van der Waals surface area contributed by atoms with Crippen molar-refractivity contribution in [1.82, 2.24) is 19.5 Å². The number of nitrogens with two attached hydrogens (primary N) is 1. The molecule has 2 N–H and O–H groups in total. The summed E-state index contributed by atoms with van der Waals surface area (Å²) >= 11 is 6.25. The van der Waals surface area contributed by atoms with Crippen molar-refractivity contribution in [3.8, 4) is 0 Å². The highest BCUT2D eigenvalue weighted by Crippen LogP contribution is 2.48. The van der Waals surface area contributed by atoms with Gasteiger partial charge in [0.15, 0.2) is 19.1 Å². The van der Waals surface area contributed by atoms with Gasteiger partial charge in [-0.15, -0.1) is 0 Å². The Bertz CT molecular complexity index is 1060. The predicted molar refractivity (Wildman–Crippen MR) is 147 cm³/mol. The molecule has 0 saturated heterocycles. The molecule has 2 rings (SSSR count). The minimum atomic E-state index is -3.38. The van der Waals surface area contributed by atoms with E-state index in [1.807, 2.05) is 18.4 Å². The van der Waals surface area contributed by atoms with Gasteiger partial charge < -0.3 is 28.5 Å². The van der Waals surface area contributed by atoms with Crippen LogP contribution >= 0.6 is 19.2 Å². The van der Waals surface area contributed by atoms with E-state index in [1.165, 1.54) is 0 Å². The topological polar surface area (TPSA) is 124 Å². The lowest BCUT2D eigenvalue weighted by Gasteiger charge is -2.37. The largest absolute Gasteiger partial charge is 0.414 e. The van der Waals surface area contributed by atoms with Crippen molar-refractivity contribution in [3.63, 3.8) is 0 Å². The van der Waals surface area contributed by atoms with E-state index in [-0.39, 0.29) is 35.1 Å². The van der Waals surface area contributed by atoms with Crippen LogP contribution in [0.1, 0.15) is 53.5 Å². The van der Waals surface area contributed by atoms with E-state index in [0.29, 0.717) is 36.6 Å². The first-order valence-corrected chi connectivity index (χ1v) is 17.2. The summed E-state index contributed by atoms with van der Waals surface area (Å²) in [6.45, 7) is 20.1. The Morgan fingerprint density at radius 1 is 1.22 bits per heavy atom. The van der Waals surface area contributed by atoms with Gasteiger partial charge in [0, 0.05) is 0 Å². The molecule has 1 atom stereocenters. The normalized spacial score (nSPS) is 13.9. The number of rotatable bonds is 15. The molecule has 10 nitrogen and oxygen atoms in total. The lowest BCUT2D eigenvalue weighted by Crippen LogP contribution is -2.42. The van der Waals surface area contributed by atoms with Crippen LogP contribution < -0.4 is 5.73 Å². The van der Waals surface area contributed by atoms with Gasteiger partial charge in [0.25, 0.3) is 0 Å². The van der Waals surface area contributed by atoms with Gasteiger partial charge in [0.05, 0.1) is 38.8 Å². The SMILES string of the molecule is C=C(COCP(=O)(OCCC)OCCC)C(CO[Si](C)(C)C(C)(C)C)n1cnc2c(Cl)nc(N)nc21. The van der Waals surface area contributed by atoms with Crippen LogP contribution in [0.5, 0.6) is 0 Å². The molecular formula is C23H41ClN5O5PSi. The predicted octanol–water partition coefficient (Wildman–Crippen LogP) is 6.20. The quantitative estimate of drug-likeness (QED) is 0.117. The van der Waals surface area contributed by atoms with Crippen molar-refractivity contribution in [2.24, 2.45) is 0 Å². The molecule has 0 fully saturated rings.